The predicted octanol–water partition coefficient (Wildman–Crippen LogP) is 3.74. The predicted molar refractivity (Wildman–Crippen MR) is 77.3 cm³/mol. The Kier molecular flexibility index (Phi) is 4.02. The molecule has 4 heteroatoms. The third-order valence-corrected chi connectivity index (χ3v) is 4.09. The lowest BCUT2D eigenvalue weighted by Crippen LogP contribution is -2.29. The summed E-state index contributed by atoms with van der Waals surface area (Å²) < 4.78 is 5.91. The van der Waals surface area contributed by atoms with E-state index in [1.807, 2.05) is 6.92 Å². The Morgan fingerprint density at radius 2 is 1.95 bits per heavy atom. The average molecular weight is 277 g/mol. The van der Waals surface area contributed by atoms with Crippen LogP contribution in [-0.2, 0) is 0 Å². The van der Waals surface area contributed by atoms with Crippen molar-refractivity contribution >= 4 is 5.97 Å². The Labute approximate surface area is 120 Å². The van der Waals surface area contributed by atoms with Gasteiger partial charge in [-0.25, -0.2) is 9.78 Å². The van der Waals surface area contributed by atoms with Crippen LogP contribution in [0.25, 0.3) is 0 Å². The average Bonchev–Trinajstić information content (AvgIpc) is 2.30. The number of hydrogen-bond acceptors (Lipinski definition) is 3. The lowest BCUT2D eigenvalue weighted by Gasteiger charge is -2.34. The van der Waals surface area contributed by atoms with Crippen LogP contribution in [0.2, 0.25) is 0 Å². The molecule has 2 rings (SSSR count). The van der Waals surface area contributed by atoms with Gasteiger partial charge in [0, 0.05) is 5.69 Å². The molecule has 20 heavy (non-hydrogen) atoms. The SMILES string of the molecule is Cc1cc(C)c(C(=O)O)c(OC2CCC(C)(C)CC2)n1. The Hall–Kier alpha value is -1.58. The van der Waals surface area contributed by atoms with Gasteiger partial charge in [-0.15, -0.1) is 0 Å². The number of pyridine rings is 1. The Morgan fingerprint density at radius 1 is 1.35 bits per heavy atom. The molecule has 0 amide bonds. The fourth-order valence-electron chi connectivity index (χ4n) is 2.80. The molecule has 0 unspecified atom stereocenters. The van der Waals surface area contributed by atoms with Crippen LogP contribution in [0.15, 0.2) is 6.07 Å². The standard InChI is InChI=1S/C16H23NO3/c1-10-9-11(2)17-14(13(10)15(18)19)20-12-5-7-16(3,4)8-6-12/h9,12H,5-8H2,1-4H3,(H,18,19). The summed E-state index contributed by atoms with van der Waals surface area (Å²) in [6, 6.07) is 1.78. The van der Waals surface area contributed by atoms with E-state index in [2.05, 4.69) is 18.8 Å². The minimum atomic E-state index is -0.971. The van der Waals surface area contributed by atoms with Crippen molar-refractivity contribution in [1.82, 2.24) is 4.98 Å². The van der Waals surface area contributed by atoms with E-state index in [-0.39, 0.29) is 17.5 Å². The molecule has 0 spiro atoms. The fourth-order valence-corrected chi connectivity index (χ4v) is 2.80. The first-order chi connectivity index (χ1) is 9.28. The van der Waals surface area contributed by atoms with Crippen molar-refractivity contribution in [1.29, 1.82) is 0 Å². The van der Waals surface area contributed by atoms with E-state index < -0.39 is 5.97 Å². The smallest absolute Gasteiger partial charge is 0.341 e. The van der Waals surface area contributed by atoms with Crippen molar-refractivity contribution in [3.8, 4) is 5.88 Å². The van der Waals surface area contributed by atoms with Crippen LogP contribution in [0.4, 0.5) is 0 Å². The topological polar surface area (TPSA) is 59.4 Å². The summed E-state index contributed by atoms with van der Waals surface area (Å²) in [4.78, 5) is 15.7. The largest absolute Gasteiger partial charge is 0.477 e. The fraction of sp³-hybridized carbons (Fsp3) is 0.625. The number of aryl methyl sites for hydroxylation is 2. The molecule has 1 aromatic heterocycles. The number of aromatic carboxylic acids is 1. The van der Waals surface area contributed by atoms with Crippen molar-refractivity contribution < 1.29 is 14.6 Å². The van der Waals surface area contributed by atoms with Gasteiger partial charge in [0.2, 0.25) is 5.88 Å². The molecule has 1 saturated carbocycles. The molecule has 0 aromatic carbocycles. The van der Waals surface area contributed by atoms with E-state index in [1.165, 1.54) is 0 Å². The van der Waals surface area contributed by atoms with Crippen LogP contribution in [-0.4, -0.2) is 22.2 Å². The van der Waals surface area contributed by atoms with Gasteiger partial charge in [-0.3, -0.25) is 0 Å². The first kappa shape index (κ1) is 14.8. The van der Waals surface area contributed by atoms with Gasteiger partial charge in [0.1, 0.15) is 11.7 Å². The van der Waals surface area contributed by atoms with Crippen LogP contribution >= 0.6 is 0 Å². The van der Waals surface area contributed by atoms with Gasteiger partial charge in [0.15, 0.2) is 0 Å². The third-order valence-electron chi connectivity index (χ3n) is 4.09. The maximum Gasteiger partial charge on any atom is 0.341 e. The minimum absolute atomic E-state index is 0.0785. The molecule has 1 N–H and O–H groups in total. The molecule has 4 nitrogen and oxygen atoms in total. The maximum absolute atomic E-state index is 11.4. The second kappa shape index (κ2) is 5.43. The lowest BCUT2D eigenvalue weighted by molar-refractivity contribution is 0.0667. The van der Waals surface area contributed by atoms with Crippen LogP contribution in [0, 0.1) is 19.3 Å². The van der Waals surface area contributed by atoms with Gasteiger partial charge in [-0.2, -0.15) is 0 Å². The normalized spacial score (nSPS) is 18.8. The zero-order chi connectivity index (χ0) is 14.9. The zero-order valence-electron chi connectivity index (χ0n) is 12.7. The molecule has 1 fully saturated rings. The summed E-state index contributed by atoms with van der Waals surface area (Å²) in [5.74, 6) is -0.694. The highest BCUT2D eigenvalue weighted by atomic mass is 16.5. The minimum Gasteiger partial charge on any atom is -0.477 e. The summed E-state index contributed by atoms with van der Waals surface area (Å²) in [5.41, 5.74) is 2.06. The molecule has 1 aliphatic rings. The first-order valence-electron chi connectivity index (χ1n) is 7.17. The molecule has 0 aliphatic heterocycles. The van der Waals surface area contributed by atoms with Crippen LogP contribution in [0.3, 0.4) is 0 Å². The molecule has 1 heterocycles. The summed E-state index contributed by atoms with van der Waals surface area (Å²) >= 11 is 0. The number of ether oxygens (including phenoxy) is 1. The molecule has 1 aromatic rings. The maximum atomic E-state index is 11.4. The van der Waals surface area contributed by atoms with Crippen molar-refractivity contribution in [3.05, 3.63) is 22.9 Å². The number of carboxylic acid groups (broad SMARTS) is 1. The zero-order valence-corrected chi connectivity index (χ0v) is 12.7. The van der Waals surface area contributed by atoms with Gasteiger partial charge >= 0.3 is 5.97 Å². The Bertz CT molecular complexity index is 513. The van der Waals surface area contributed by atoms with Crippen molar-refractivity contribution in [2.75, 3.05) is 0 Å². The van der Waals surface area contributed by atoms with E-state index in [0.717, 1.165) is 31.4 Å². The second-order valence-corrected chi connectivity index (χ2v) is 6.55. The van der Waals surface area contributed by atoms with Gasteiger partial charge in [-0.05, 0) is 56.6 Å². The molecule has 0 radical (unpaired) electrons. The van der Waals surface area contributed by atoms with Gasteiger partial charge < -0.3 is 9.84 Å². The van der Waals surface area contributed by atoms with E-state index >= 15 is 0 Å². The highest BCUT2D eigenvalue weighted by Gasteiger charge is 2.29. The summed E-state index contributed by atoms with van der Waals surface area (Å²) in [5, 5.41) is 9.33. The van der Waals surface area contributed by atoms with E-state index in [9.17, 15) is 9.90 Å². The molecule has 0 atom stereocenters. The quantitative estimate of drug-likeness (QED) is 0.914. The highest BCUT2D eigenvalue weighted by Crippen LogP contribution is 2.37. The first-order valence-corrected chi connectivity index (χ1v) is 7.17. The third kappa shape index (κ3) is 3.30. The van der Waals surface area contributed by atoms with Crippen LogP contribution in [0.5, 0.6) is 5.88 Å². The lowest BCUT2D eigenvalue weighted by atomic mass is 9.76. The molecule has 0 saturated heterocycles. The number of carboxylic acids is 1. The van der Waals surface area contributed by atoms with E-state index in [1.54, 1.807) is 13.0 Å². The number of rotatable bonds is 3. The van der Waals surface area contributed by atoms with Crippen LogP contribution < -0.4 is 4.74 Å². The molecule has 1 aliphatic carbocycles. The summed E-state index contributed by atoms with van der Waals surface area (Å²) in [6.07, 6.45) is 4.20. The van der Waals surface area contributed by atoms with Crippen LogP contribution in [0.1, 0.15) is 61.1 Å². The summed E-state index contributed by atoms with van der Waals surface area (Å²) in [6.45, 7) is 8.17. The van der Waals surface area contributed by atoms with Crippen molar-refractivity contribution in [2.45, 2.75) is 59.5 Å². The van der Waals surface area contributed by atoms with E-state index in [4.69, 9.17) is 4.74 Å². The number of nitrogens with zero attached hydrogens (tertiary/aromatic N) is 1. The Balaban J connectivity index is 2.19. The number of carbonyl (C=O) groups is 1. The molecular formula is C16H23NO3. The van der Waals surface area contributed by atoms with Crippen molar-refractivity contribution in [2.24, 2.45) is 5.41 Å². The molecular weight excluding hydrogens is 254 g/mol. The van der Waals surface area contributed by atoms with Gasteiger partial charge in [-0.1, -0.05) is 13.8 Å². The van der Waals surface area contributed by atoms with Gasteiger partial charge in [0.05, 0.1) is 0 Å². The second-order valence-electron chi connectivity index (χ2n) is 6.55. The number of aromatic nitrogens is 1. The van der Waals surface area contributed by atoms with Gasteiger partial charge in [0.25, 0.3) is 0 Å². The molecule has 0 bridgehead atoms. The number of hydrogen-bond donors (Lipinski definition) is 1. The highest BCUT2D eigenvalue weighted by molar-refractivity contribution is 5.91. The van der Waals surface area contributed by atoms with Crippen molar-refractivity contribution in [3.63, 3.8) is 0 Å². The Morgan fingerprint density at radius 3 is 2.50 bits per heavy atom. The molecule has 110 valence electrons. The monoisotopic (exact) mass is 277 g/mol. The summed E-state index contributed by atoms with van der Waals surface area (Å²) in [7, 11) is 0. The van der Waals surface area contributed by atoms with E-state index in [0.29, 0.717) is 11.0 Å².